The topological polar surface area (TPSA) is 120 Å². The Balaban J connectivity index is 1.10. The second kappa shape index (κ2) is 12.8. The van der Waals surface area contributed by atoms with Gasteiger partial charge >= 0.3 is 0 Å². The van der Waals surface area contributed by atoms with Gasteiger partial charge in [0.05, 0.1) is 36.0 Å². The number of carbonyl (C=O) groups excluding carboxylic acids is 1. The molecular weight excluding hydrogens is 538 g/mol. The van der Waals surface area contributed by atoms with Gasteiger partial charge in [-0.3, -0.25) is 9.48 Å². The lowest BCUT2D eigenvalue weighted by molar-refractivity contribution is -0.0162. The minimum atomic E-state index is -0.798. The van der Waals surface area contributed by atoms with Gasteiger partial charge in [-0.1, -0.05) is 49.2 Å². The molecule has 6 rings (SSSR count). The third-order valence-corrected chi connectivity index (χ3v) is 8.86. The standard InChI is InChI=1S/C34H37N7O2/c35-17-13-31(26-9-4-5-10-26)41-24-28(23-37-41)30-14-18-36-33(39-30)38-29-12-6-11-27(21-29)32(42)40-19-15-34(43,16-20-40)22-25-7-2-1-3-8-25/h1-3,6-8,11-12,14,18,21,23-24,26,31,43H,4-5,9-10,13,15-16,19-20,22H2,(H,36,38,39). The predicted octanol–water partition coefficient (Wildman–Crippen LogP) is 5.94. The summed E-state index contributed by atoms with van der Waals surface area (Å²) in [5.74, 6) is 0.847. The van der Waals surface area contributed by atoms with Crippen molar-refractivity contribution in [1.29, 1.82) is 5.26 Å². The molecule has 220 valence electrons. The average molecular weight is 576 g/mol. The Labute approximate surface area is 252 Å². The fourth-order valence-corrected chi connectivity index (χ4v) is 6.46. The van der Waals surface area contributed by atoms with Crippen molar-refractivity contribution in [2.75, 3.05) is 18.4 Å². The van der Waals surface area contributed by atoms with E-state index in [1.54, 1.807) is 12.4 Å². The molecule has 2 N–H and O–H groups in total. The first kappa shape index (κ1) is 28.6. The Morgan fingerprint density at radius 3 is 2.65 bits per heavy atom. The average Bonchev–Trinajstić information content (AvgIpc) is 3.74. The number of aliphatic hydroxyl groups is 1. The molecule has 2 aromatic carbocycles. The SMILES string of the molecule is N#CCC(C1CCCC1)n1cc(-c2ccnc(Nc3cccc(C(=O)N4CCC(O)(Cc5ccccc5)CC4)c3)n2)cn1. The van der Waals surface area contributed by atoms with Gasteiger partial charge in [0.1, 0.15) is 0 Å². The van der Waals surface area contributed by atoms with Gasteiger partial charge in [0.2, 0.25) is 5.95 Å². The lowest BCUT2D eigenvalue weighted by Gasteiger charge is -2.38. The third-order valence-electron chi connectivity index (χ3n) is 8.86. The number of aromatic nitrogens is 4. The zero-order valence-corrected chi connectivity index (χ0v) is 24.3. The minimum Gasteiger partial charge on any atom is -0.389 e. The molecule has 1 saturated heterocycles. The maximum atomic E-state index is 13.4. The van der Waals surface area contributed by atoms with E-state index >= 15 is 0 Å². The number of nitriles is 1. The first-order valence-electron chi connectivity index (χ1n) is 15.2. The molecule has 9 heteroatoms. The van der Waals surface area contributed by atoms with Crippen LogP contribution in [0.15, 0.2) is 79.3 Å². The van der Waals surface area contributed by atoms with Crippen molar-refractivity contribution < 1.29 is 9.90 Å². The first-order valence-corrected chi connectivity index (χ1v) is 15.2. The molecule has 4 aromatic rings. The molecule has 1 saturated carbocycles. The number of piperidine rings is 1. The van der Waals surface area contributed by atoms with Crippen LogP contribution in [0.5, 0.6) is 0 Å². The molecule has 2 aromatic heterocycles. The molecule has 1 unspecified atom stereocenters. The smallest absolute Gasteiger partial charge is 0.253 e. The molecule has 1 atom stereocenters. The molecule has 1 aliphatic heterocycles. The van der Waals surface area contributed by atoms with Crippen molar-refractivity contribution in [3.05, 3.63) is 90.4 Å². The predicted molar refractivity (Wildman–Crippen MR) is 164 cm³/mol. The van der Waals surface area contributed by atoms with E-state index in [2.05, 4.69) is 21.5 Å². The zero-order chi connectivity index (χ0) is 29.6. The second-order valence-electron chi connectivity index (χ2n) is 11.8. The Morgan fingerprint density at radius 2 is 1.88 bits per heavy atom. The summed E-state index contributed by atoms with van der Waals surface area (Å²) < 4.78 is 1.93. The van der Waals surface area contributed by atoms with E-state index in [0.29, 0.717) is 61.9 Å². The normalized spacial score (nSPS) is 17.3. The largest absolute Gasteiger partial charge is 0.389 e. The summed E-state index contributed by atoms with van der Waals surface area (Å²) in [6.07, 6.45) is 12.3. The van der Waals surface area contributed by atoms with Gasteiger partial charge in [-0.2, -0.15) is 10.4 Å². The van der Waals surface area contributed by atoms with Crippen molar-refractivity contribution in [3.63, 3.8) is 0 Å². The van der Waals surface area contributed by atoms with Crippen LogP contribution in [-0.2, 0) is 6.42 Å². The van der Waals surface area contributed by atoms with Gasteiger partial charge in [0, 0.05) is 48.7 Å². The van der Waals surface area contributed by atoms with E-state index in [0.717, 1.165) is 29.7 Å². The number of anilines is 2. The highest BCUT2D eigenvalue weighted by molar-refractivity contribution is 5.95. The number of nitrogens with one attached hydrogen (secondary N) is 1. The van der Waals surface area contributed by atoms with E-state index in [1.165, 1.54) is 12.8 Å². The molecule has 1 aliphatic carbocycles. The summed E-state index contributed by atoms with van der Waals surface area (Å²) in [5, 5.41) is 28.4. The van der Waals surface area contributed by atoms with E-state index in [1.807, 2.05) is 76.4 Å². The lowest BCUT2D eigenvalue weighted by Crippen LogP contribution is -2.47. The first-order chi connectivity index (χ1) is 21.0. The van der Waals surface area contributed by atoms with Crippen molar-refractivity contribution in [2.45, 2.75) is 63.0 Å². The van der Waals surface area contributed by atoms with Crippen LogP contribution >= 0.6 is 0 Å². The molecule has 43 heavy (non-hydrogen) atoms. The molecule has 1 amide bonds. The number of hydrogen-bond donors (Lipinski definition) is 2. The van der Waals surface area contributed by atoms with Crippen molar-refractivity contribution >= 4 is 17.5 Å². The summed E-state index contributed by atoms with van der Waals surface area (Å²) in [6, 6.07) is 21.6. The quantitative estimate of drug-likeness (QED) is 0.253. The van der Waals surface area contributed by atoms with Crippen LogP contribution < -0.4 is 5.32 Å². The van der Waals surface area contributed by atoms with E-state index in [-0.39, 0.29) is 11.9 Å². The maximum Gasteiger partial charge on any atom is 0.253 e. The molecule has 2 aliphatic rings. The number of benzene rings is 2. The molecule has 0 radical (unpaired) electrons. The van der Waals surface area contributed by atoms with Gasteiger partial charge in [0.15, 0.2) is 0 Å². The van der Waals surface area contributed by atoms with Crippen LogP contribution in [0.2, 0.25) is 0 Å². The monoisotopic (exact) mass is 575 g/mol. The highest BCUT2D eigenvalue weighted by atomic mass is 16.3. The fraction of sp³-hybridized carbons (Fsp3) is 0.382. The summed E-state index contributed by atoms with van der Waals surface area (Å²) in [4.78, 5) is 24.3. The van der Waals surface area contributed by atoms with Crippen LogP contribution in [0.25, 0.3) is 11.3 Å². The number of likely N-dealkylation sites (tertiary alicyclic amines) is 1. The minimum absolute atomic E-state index is 0.0540. The molecule has 3 heterocycles. The highest BCUT2D eigenvalue weighted by Crippen LogP contribution is 2.36. The van der Waals surface area contributed by atoms with Crippen molar-refractivity contribution in [3.8, 4) is 17.3 Å². The summed E-state index contributed by atoms with van der Waals surface area (Å²) in [5.41, 5.74) is 3.20. The van der Waals surface area contributed by atoms with Crippen LogP contribution in [0.1, 0.15) is 66.9 Å². The van der Waals surface area contributed by atoms with Crippen LogP contribution in [-0.4, -0.2) is 54.4 Å². The Morgan fingerprint density at radius 1 is 1.09 bits per heavy atom. The van der Waals surface area contributed by atoms with E-state index in [9.17, 15) is 15.2 Å². The molecule has 2 fully saturated rings. The van der Waals surface area contributed by atoms with E-state index in [4.69, 9.17) is 4.98 Å². The lowest BCUT2D eigenvalue weighted by atomic mass is 9.85. The zero-order valence-electron chi connectivity index (χ0n) is 24.3. The molecule has 0 spiro atoms. The second-order valence-corrected chi connectivity index (χ2v) is 11.8. The highest BCUT2D eigenvalue weighted by Gasteiger charge is 2.34. The Bertz CT molecular complexity index is 1580. The summed E-state index contributed by atoms with van der Waals surface area (Å²) in [6.45, 7) is 1.02. The number of nitrogens with zero attached hydrogens (tertiary/aromatic N) is 6. The fourth-order valence-electron chi connectivity index (χ4n) is 6.46. The van der Waals surface area contributed by atoms with Crippen molar-refractivity contribution in [1.82, 2.24) is 24.6 Å². The number of amides is 1. The summed E-state index contributed by atoms with van der Waals surface area (Å²) >= 11 is 0. The number of rotatable bonds is 9. The van der Waals surface area contributed by atoms with Gasteiger partial charge in [-0.05, 0) is 61.4 Å². The van der Waals surface area contributed by atoms with Gasteiger partial charge in [-0.25, -0.2) is 9.97 Å². The molecule has 0 bridgehead atoms. The van der Waals surface area contributed by atoms with Gasteiger partial charge in [-0.15, -0.1) is 0 Å². The van der Waals surface area contributed by atoms with Crippen molar-refractivity contribution in [2.24, 2.45) is 5.92 Å². The number of hydrogen-bond acceptors (Lipinski definition) is 7. The summed E-state index contributed by atoms with van der Waals surface area (Å²) in [7, 11) is 0. The van der Waals surface area contributed by atoms with Crippen LogP contribution in [0.3, 0.4) is 0 Å². The van der Waals surface area contributed by atoms with Crippen LogP contribution in [0.4, 0.5) is 11.6 Å². The third kappa shape index (κ3) is 6.76. The van der Waals surface area contributed by atoms with Gasteiger partial charge in [0.25, 0.3) is 5.91 Å². The number of carbonyl (C=O) groups is 1. The maximum absolute atomic E-state index is 13.4. The Kier molecular flexibility index (Phi) is 8.47. The van der Waals surface area contributed by atoms with E-state index < -0.39 is 5.60 Å². The molecule has 9 nitrogen and oxygen atoms in total. The van der Waals surface area contributed by atoms with Crippen LogP contribution in [0, 0.1) is 17.2 Å². The molecular formula is C34H37N7O2. The van der Waals surface area contributed by atoms with Gasteiger partial charge < -0.3 is 15.3 Å². The Hall–Kier alpha value is -4.55.